The Hall–Kier alpha value is -0.980. The molecule has 0 fully saturated rings. The maximum Gasteiger partial charge on any atom is 0.0313 e. The average Bonchev–Trinajstić information content (AvgIpc) is 2.13. The predicted molar refractivity (Wildman–Crippen MR) is 55.7 cm³/mol. The van der Waals surface area contributed by atoms with Crippen molar-refractivity contribution in [3.63, 3.8) is 0 Å². The molecule has 0 amide bonds. The van der Waals surface area contributed by atoms with Crippen molar-refractivity contribution in [3.05, 3.63) is 30.3 Å². The van der Waals surface area contributed by atoms with E-state index in [0.717, 1.165) is 5.69 Å². The molecule has 11 heavy (non-hydrogen) atoms. The normalized spacial score (nSPS) is 6.55. The van der Waals surface area contributed by atoms with E-state index >= 15 is 0 Å². The maximum atomic E-state index is 5.36. The minimum atomic E-state index is 0. The van der Waals surface area contributed by atoms with E-state index in [2.05, 4.69) is 0 Å². The van der Waals surface area contributed by atoms with E-state index in [1.54, 1.807) is 0 Å². The summed E-state index contributed by atoms with van der Waals surface area (Å²) in [6.07, 6.45) is 0. The van der Waals surface area contributed by atoms with Gasteiger partial charge >= 0.3 is 0 Å². The molecule has 0 saturated heterocycles. The molecule has 0 aromatic heterocycles. The Labute approximate surface area is 71.7 Å². The van der Waals surface area contributed by atoms with Gasteiger partial charge in [-0.15, -0.1) is 0 Å². The number of hydrogen-bond acceptors (Lipinski definition) is 1. The molecule has 0 aliphatic heterocycles. The second-order valence-electron chi connectivity index (χ2n) is 1.41. The highest BCUT2D eigenvalue weighted by molar-refractivity contribution is 5.35. The average molecular weight is 155 g/mol. The number of rotatable bonds is 0. The Bertz CT molecular complexity index is 140. The largest absolute Gasteiger partial charge is 0.399 e. The molecule has 0 saturated carbocycles. The summed E-state index contributed by atoms with van der Waals surface area (Å²) in [6, 6.07) is 9.49. The molecule has 0 spiro atoms. The fourth-order valence-electron chi connectivity index (χ4n) is 0.453. The molecule has 0 aliphatic carbocycles. The fraction of sp³-hybridized carbons (Fsp3) is 0.400. The monoisotopic (exact) mass is 155 g/mol. The topological polar surface area (TPSA) is 26.0 Å². The summed E-state index contributed by atoms with van der Waals surface area (Å²) in [5.41, 5.74) is 6.18. The van der Waals surface area contributed by atoms with Gasteiger partial charge in [0.25, 0.3) is 0 Å². The molecule has 66 valence electrons. The van der Waals surface area contributed by atoms with E-state index in [4.69, 9.17) is 5.73 Å². The molecule has 1 nitrogen and oxygen atoms in total. The van der Waals surface area contributed by atoms with Crippen molar-refractivity contribution in [3.8, 4) is 0 Å². The number of nitrogen functional groups attached to an aromatic ring is 1. The van der Waals surface area contributed by atoms with Crippen LogP contribution in [0.1, 0.15) is 29.1 Å². The molecular weight excluding hydrogens is 134 g/mol. The van der Waals surface area contributed by atoms with Crippen molar-refractivity contribution in [2.45, 2.75) is 27.7 Å². The van der Waals surface area contributed by atoms with E-state index in [1.165, 1.54) is 0 Å². The van der Waals surface area contributed by atoms with Crippen LogP contribution in [0.4, 0.5) is 5.69 Å². The number of para-hydroxylation sites is 1. The Morgan fingerprint density at radius 1 is 0.909 bits per heavy atom. The predicted octanol–water partition coefficient (Wildman–Crippen LogP) is 3.57. The van der Waals surface area contributed by atoms with Gasteiger partial charge in [-0.2, -0.15) is 0 Å². The van der Waals surface area contributed by atoms with Crippen LogP contribution >= 0.6 is 0 Å². The summed E-state index contributed by atoms with van der Waals surface area (Å²) in [5, 5.41) is 0. The van der Waals surface area contributed by atoms with Gasteiger partial charge in [0.15, 0.2) is 0 Å². The van der Waals surface area contributed by atoms with Gasteiger partial charge in [0.05, 0.1) is 0 Å². The van der Waals surface area contributed by atoms with E-state index in [1.807, 2.05) is 58.0 Å². The molecule has 0 bridgehead atoms. The van der Waals surface area contributed by atoms with Gasteiger partial charge in [-0.3, -0.25) is 0 Å². The lowest BCUT2D eigenvalue weighted by molar-refractivity contribution is 1.50. The van der Waals surface area contributed by atoms with Crippen molar-refractivity contribution < 1.29 is 1.43 Å². The first-order chi connectivity index (χ1) is 5.39. The third-order valence-corrected chi connectivity index (χ3v) is 0.800. The summed E-state index contributed by atoms with van der Waals surface area (Å²) in [5.74, 6) is 0. The second-order valence-corrected chi connectivity index (χ2v) is 1.41. The van der Waals surface area contributed by atoms with Gasteiger partial charge in [0.1, 0.15) is 0 Å². The molecule has 1 aromatic rings. The SMILES string of the molecule is CC.CC.Nc1ccccc1.[HH]. The Kier molecular flexibility index (Phi) is 13.6. The van der Waals surface area contributed by atoms with Crippen LogP contribution in [-0.4, -0.2) is 0 Å². The molecule has 0 radical (unpaired) electrons. The highest BCUT2D eigenvalue weighted by Crippen LogP contribution is 1.95. The molecule has 1 aromatic carbocycles. The molecule has 0 heterocycles. The van der Waals surface area contributed by atoms with Gasteiger partial charge in [0.2, 0.25) is 0 Å². The third-order valence-electron chi connectivity index (χ3n) is 0.800. The lowest BCUT2D eigenvalue weighted by atomic mass is 10.3. The zero-order chi connectivity index (χ0) is 9.11. The first kappa shape index (κ1) is 12.7. The zero-order valence-electron chi connectivity index (χ0n) is 7.96. The van der Waals surface area contributed by atoms with E-state index < -0.39 is 0 Å². The zero-order valence-corrected chi connectivity index (χ0v) is 7.96. The van der Waals surface area contributed by atoms with Crippen LogP contribution in [0, 0.1) is 0 Å². The highest BCUT2D eigenvalue weighted by atomic mass is 14.5. The maximum absolute atomic E-state index is 5.36. The van der Waals surface area contributed by atoms with Crippen LogP contribution in [0.5, 0.6) is 0 Å². The summed E-state index contributed by atoms with van der Waals surface area (Å²) in [7, 11) is 0. The van der Waals surface area contributed by atoms with Crippen LogP contribution in [0.3, 0.4) is 0 Å². The van der Waals surface area contributed by atoms with Crippen molar-refractivity contribution in [1.29, 1.82) is 0 Å². The summed E-state index contributed by atoms with van der Waals surface area (Å²) in [4.78, 5) is 0. The van der Waals surface area contributed by atoms with Gasteiger partial charge in [0, 0.05) is 7.11 Å². The third kappa shape index (κ3) is 9.02. The van der Waals surface area contributed by atoms with E-state index in [-0.39, 0.29) is 1.43 Å². The Morgan fingerprint density at radius 3 is 1.45 bits per heavy atom. The summed E-state index contributed by atoms with van der Waals surface area (Å²) < 4.78 is 0. The number of anilines is 1. The standard InChI is InChI=1S/C6H7N.2C2H6.H2/c7-6-4-2-1-3-5-6;2*1-2;/h1-5H,7H2;2*1-2H3;1H. The van der Waals surface area contributed by atoms with Crippen molar-refractivity contribution in [2.24, 2.45) is 0 Å². The van der Waals surface area contributed by atoms with Crippen molar-refractivity contribution in [2.75, 3.05) is 5.73 Å². The minimum absolute atomic E-state index is 0. The lowest BCUT2D eigenvalue weighted by Crippen LogP contribution is -1.79. The highest BCUT2D eigenvalue weighted by Gasteiger charge is 1.72. The first-order valence-electron chi connectivity index (χ1n) is 4.20. The van der Waals surface area contributed by atoms with Gasteiger partial charge < -0.3 is 5.73 Å². The number of hydrogen-bond donors (Lipinski definition) is 1. The number of nitrogens with two attached hydrogens (primary N) is 1. The van der Waals surface area contributed by atoms with Crippen LogP contribution in [0.2, 0.25) is 0 Å². The van der Waals surface area contributed by atoms with Crippen molar-refractivity contribution >= 4 is 5.69 Å². The lowest BCUT2D eigenvalue weighted by Gasteiger charge is -1.83. The molecule has 2 N–H and O–H groups in total. The molecular formula is C10H21N. The quantitative estimate of drug-likeness (QED) is 0.569. The molecule has 0 unspecified atom stereocenters. The van der Waals surface area contributed by atoms with Crippen LogP contribution < -0.4 is 5.73 Å². The van der Waals surface area contributed by atoms with Gasteiger partial charge in [-0.25, -0.2) is 0 Å². The smallest absolute Gasteiger partial charge is 0.0313 e. The van der Waals surface area contributed by atoms with Crippen LogP contribution in [0.15, 0.2) is 30.3 Å². The van der Waals surface area contributed by atoms with Gasteiger partial charge in [-0.1, -0.05) is 45.9 Å². The van der Waals surface area contributed by atoms with Crippen LogP contribution in [-0.2, 0) is 0 Å². The summed E-state index contributed by atoms with van der Waals surface area (Å²) in [6.45, 7) is 8.00. The van der Waals surface area contributed by atoms with E-state index in [0.29, 0.717) is 0 Å². The molecule has 0 atom stereocenters. The van der Waals surface area contributed by atoms with Crippen molar-refractivity contribution in [1.82, 2.24) is 0 Å². The molecule has 0 aliphatic rings. The summed E-state index contributed by atoms with van der Waals surface area (Å²) >= 11 is 0. The minimum Gasteiger partial charge on any atom is -0.399 e. The fourth-order valence-corrected chi connectivity index (χ4v) is 0.453. The van der Waals surface area contributed by atoms with E-state index in [9.17, 15) is 0 Å². The first-order valence-corrected chi connectivity index (χ1v) is 4.20. The van der Waals surface area contributed by atoms with Crippen LogP contribution in [0.25, 0.3) is 0 Å². The Balaban J connectivity index is -0.000000144. The van der Waals surface area contributed by atoms with Gasteiger partial charge in [-0.05, 0) is 12.1 Å². The molecule has 1 rings (SSSR count). The Morgan fingerprint density at radius 2 is 1.27 bits per heavy atom. The molecule has 1 heteroatoms. The second kappa shape index (κ2) is 11.8. The number of benzene rings is 1.